The number of halogens is 12. The molecule has 1 aromatic rings. The van der Waals surface area contributed by atoms with E-state index in [0.29, 0.717) is 0 Å². The Morgan fingerprint density at radius 1 is 0.594 bits per heavy atom. The van der Waals surface area contributed by atoms with Gasteiger partial charge in [-0.3, -0.25) is 20.2 Å². The second-order valence-corrected chi connectivity index (χ2v) is 5.46. The van der Waals surface area contributed by atoms with Crippen LogP contribution in [0.15, 0.2) is 12.1 Å². The van der Waals surface area contributed by atoms with Crippen LogP contribution in [-0.4, -0.2) is 46.8 Å². The Morgan fingerprint density at radius 2 is 0.844 bits per heavy atom. The molecule has 1 rings (SSSR count). The summed E-state index contributed by atoms with van der Waals surface area (Å²) in [6.07, 6.45) is -35.0. The molecule has 0 heterocycles. The van der Waals surface area contributed by atoms with Crippen LogP contribution >= 0.6 is 0 Å². The summed E-state index contributed by atoms with van der Waals surface area (Å²) in [5.41, 5.74) is -4.03. The number of rotatable bonds is 6. The molecule has 0 unspecified atom stereocenters. The summed E-state index contributed by atoms with van der Waals surface area (Å²) in [7, 11) is 0. The molecule has 1 aromatic carbocycles. The maximum absolute atomic E-state index is 12.6. The number of nitrogens with zero attached hydrogens (tertiary/aromatic N) is 2. The summed E-state index contributed by atoms with van der Waals surface area (Å²) in [6, 6.07) is -1.22. The first-order valence-electron chi connectivity index (χ1n) is 7.13. The fourth-order valence-corrected chi connectivity index (χ4v) is 1.91. The summed E-state index contributed by atoms with van der Waals surface area (Å²) in [4.78, 5) is 18.1. The lowest BCUT2D eigenvalue weighted by Gasteiger charge is -2.25. The van der Waals surface area contributed by atoms with Crippen LogP contribution in [0.1, 0.15) is 0 Å². The highest BCUT2D eigenvalue weighted by atomic mass is 19.4. The van der Waals surface area contributed by atoms with Crippen molar-refractivity contribution < 1.29 is 72.0 Å². The van der Waals surface area contributed by atoms with E-state index in [1.807, 2.05) is 0 Å². The van der Waals surface area contributed by atoms with Gasteiger partial charge in [0.05, 0.1) is 9.85 Å². The van der Waals surface area contributed by atoms with E-state index in [0.717, 1.165) is 0 Å². The molecule has 0 aliphatic carbocycles. The minimum atomic E-state index is -6.32. The van der Waals surface area contributed by atoms with Gasteiger partial charge in [0.25, 0.3) is 12.2 Å². The second kappa shape index (κ2) is 8.37. The molecule has 8 nitrogen and oxygen atoms in total. The van der Waals surface area contributed by atoms with Gasteiger partial charge in [0.1, 0.15) is 6.07 Å². The van der Waals surface area contributed by atoms with E-state index < -0.39 is 81.8 Å². The number of nitro groups is 2. The van der Waals surface area contributed by atoms with Crippen LogP contribution in [0.5, 0.6) is 11.5 Å². The minimum Gasteiger partial charge on any atom is -0.464 e. The maximum atomic E-state index is 12.6. The summed E-state index contributed by atoms with van der Waals surface area (Å²) in [5.74, 6) is -4.42. The first-order chi connectivity index (χ1) is 14.1. The summed E-state index contributed by atoms with van der Waals surface area (Å²) in [5, 5.41) is 21.7. The molecule has 0 amide bonds. The minimum absolute atomic E-state index is 0.529. The van der Waals surface area contributed by atoms with Crippen molar-refractivity contribution in [1.29, 1.82) is 0 Å². The number of alkyl halides is 12. The largest absolute Gasteiger partial charge is 0.464 e. The van der Waals surface area contributed by atoms with E-state index in [9.17, 15) is 72.9 Å². The maximum Gasteiger partial charge on any atom is 0.434 e. The molecule has 0 aromatic heterocycles. The average molecular weight is 500 g/mol. The highest BCUT2D eigenvalue weighted by molar-refractivity contribution is 5.61. The highest BCUT2D eigenvalue weighted by Crippen LogP contribution is 2.45. The van der Waals surface area contributed by atoms with Crippen molar-refractivity contribution in [2.75, 3.05) is 0 Å². The van der Waals surface area contributed by atoms with Crippen LogP contribution in [0.25, 0.3) is 0 Å². The zero-order valence-corrected chi connectivity index (χ0v) is 14.2. The third-order valence-electron chi connectivity index (χ3n) is 3.11. The van der Waals surface area contributed by atoms with Crippen molar-refractivity contribution in [3.05, 3.63) is 32.4 Å². The van der Waals surface area contributed by atoms with E-state index in [2.05, 4.69) is 9.47 Å². The number of benzene rings is 1. The Kier molecular flexibility index (Phi) is 7.02. The van der Waals surface area contributed by atoms with Gasteiger partial charge in [-0.1, -0.05) is 0 Å². The topological polar surface area (TPSA) is 105 Å². The molecule has 0 atom stereocenters. The lowest BCUT2D eigenvalue weighted by atomic mass is 10.2. The molecule has 0 N–H and O–H groups in total. The number of nitro benzene ring substituents is 2. The van der Waals surface area contributed by atoms with Crippen LogP contribution in [0.4, 0.5) is 64.1 Å². The smallest absolute Gasteiger partial charge is 0.434 e. The molecule has 0 fully saturated rings. The fourth-order valence-electron chi connectivity index (χ4n) is 1.91. The van der Waals surface area contributed by atoms with Crippen molar-refractivity contribution in [3.63, 3.8) is 0 Å². The van der Waals surface area contributed by atoms with Crippen LogP contribution in [0.2, 0.25) is 0 Å². The van der Waals surface area contributed by atoms with Crippen molar-refractivity contribution >= 4 is 11.4 Å². The van der Waals surface area contributed by atoms with Gasteiger partial charge in [-0.25, -0.2) is 0 Å². The average Bonchev–Trinajstić information content (AvgIpc) is 2.52. The van der Waals surface area contributed by atoms with Crippen molar-refractivity contribution in [2.45, 2.75) is 36.9 Å². The predicted molar refractivity (Wildman–Crippen MR) is 72.8 cm³/mol. The van der Waals surface area contributed by atoms with Crippen LogP contribution < -0.4 is 9.47 Å². The quantitative estimate of drug-likeness (QED) is 0.301. The molecule has 20 heteroatoms. The highest BCUT2D eigenvalue weighted by Gasteiger charge is 2.61. The van der Waals surface area contributed by atoms with Gasteiger partial charge in [-0.05, 0) is 0 Å². The van der Waals surface area contributed by atoms with Crippen molar-refractivity contribution in [2.24, 2.45) is 0 Å². The molecule has 0 radical (unpaired) electrons. The van der Waals surface area contributed by atoms with Gasteiger partial charge in [0, 0.05) is 6.07 Å². The van der Waals surface area contributed by atoms with Gasteiger partial charge >= 0.3 is 36.1 Å². The van der Waals surface area contributed by atoms with Gasteiger partial charge in [0.2, 0.25) is 11.5 Å². The Bertz CT molecular complexity index is 780. The van der Waals surface area contributed by atoms with E-state index in [-0.39, 0.29) is 0 Å². The first kappa shape index (κ1) is 26.8. The number of hydrogen-bond acceptors (Lipinski definition) is 6. The number of hydrogen-bond donors (Lipinski definition) is 0. The first-order valence-corrected chi connectivity index (χ1v) is 7.13. The second-order valence-electron chi connectivity index (χ2n) is 5.46. The molecule has 0 saturated carbocycles. The Hall–Kier alpha value is -3.22. The Labute approximate surface area is 165 Å². The van der Waals surface area contributed by atoms with E-state index in [1.54, 1.807) is 0 Å². The lowest BCUT2D eigenvalue weighted by molar-refractivity contribution is -0.396. The zero-order valence-electron chi connectivity index (χ0n) is 14.2. The monoisotopic (exact) mass is 500 g/mol. The molecule has 0 aliphatic rings. The molecule has 0 saturated heterocycles. The van der Waals surface area contributed by atoms with E-state index >= 15 is 0 Å². The van der Waals surface area contributed by atoms with Gasteiger partial charge in [0.15, 0.2) is 0 Å². The number of ether oxygens (including phenoxy) is 2. The molecule has 32 heavy (non-hydrogen) atoms. The zero-order chi connectivity index (χ0) is 25.4. The lowest BCUT2D eigenvalue weighted by Crippen LogP contribution is -2.47. The predicted octanol–water partition coefficient (Wildman–Crippen LogP) is 5.25. The Morgan fingerprint density at radius 3 is 1.03 bits per heavy atom. The summed E-state index contributed by atoms with van der Waals surface area (Å²) < 4.78 is 158. The van der Waals surface area contributed by atoms with Gasteiger partial charge in [-0.15, -0.1) is 0 Å². The molecule has 0 aliphatic heterocycles. The SMILES string of the molecule is O=[N+]([O-])c1cc([N+](=O)[O-])c(OC(C(F)(F)F)C(F)(F)F)cc1OC(C(F)(F)F)C(F)(F)F. The van der Waals surface area contributed by atoms with E-state index in [1.165, 1.54) is 0 Å². The van der Waals surface area contributed by atoms with Crippen LogP contribution in [-0.2, 0) is 0 Å². The molecular formula is C12H4F12N2O6. The fraction of sp³-hybridized carbons (Fsp3) is 0.500. The van der Waals surface area contributed by atoms with Crippen LogP contribution in [0, 0.1) is 20.2 Å². The summed E-state index contributed by atoms with van der Waals surface area (Å²) >= 11 is 0. The molecular weight excluding hydrogens is 496 g/mol. The molecule has 0 spiro atoms. The van der Waals surface area contributed by atoms with Crippen molar-refractivity contribution in [1.82, 2.24) is 0 Å². The molecule has 182 valence electrons. The standard InChI is InChI=1S/C12H4F12N2O6/c13-9(14,15)7(10(16,17)18)31-5-2-6(4(26(29)30)1-3(5)25(27)28)32-8(11(19,20)21)12(22,23)24/h1-2,7-8H. The third-order valence-corrected chi connectivity index (χ3v) is 3.11. The van der Waals surface area contributed by atoms with E-state index in [4.69, 9.17) is 0 Å². The summed E-state index contributed by atoms with van der Waals surface area (Å²) in [6.45, 7) is 0. The van der Waals surface area contributed by atoms with Gasteiger partial charge < -0.3 is 9.47 Å². The third kappa shape index (κ3) is 6.39. The normalized spacial score (nSPS) is 13.4. The Balaban J connectivity index is 3.76. The van der Waals surface area contributed by atoms with Gasteiger partial charge in [-0.2, -0.15) is 52.7 Å². The van der Waals surface area contributed by atoms with Crippen molar-refractivity contribution in [3.8, 4) is 11.5 Å². The molecule has 0 bridgehead atoms. The van der Waals surface area contributed by atoms with Crippen LogP contribution in [0.3, 0.4) is 0 Å².